The van der Waals surface area contributed by atoms with Gasteiger partial charge in [0.15, 0.2) is 0 Å². The van der Waals surface area contributed by atoms with E-state index in [-0.39, 0.29) is 12.5 Å². The number of carbonyl (C=O) groups is 1. The van der Waals surface area contributed by atoms with Gasteiger partial charge in [0.25, 0.3) is 0 Å². The van der Waals surface area contributed by atoms with Crippen molar-refractivity contribution >= 4 is 17.2 Å². The Bertz CT molecular complexity index is 419. The Morgan fingerprint density at radius 3 is 3.11 bits per heavy atom. The lowest BCUT2D eigenvalue weighted by molar-refractivity contribution is -0.132. The minimum atomic E-state index is 0.157. The summed E-state index contributed by atoms with van der Waals surface area (Å²) in [7, 11) is 0. The van der Waals surface area contributed by atoms with Crippen LogP contribution in [-0.2, 0) is 17.8 Å². The fourth-order valence-corrected chi connectivity index (χ4v) is 3.33. The molecule has 0 bridgehead atoms. The summed E-state index contributed by atoms with van der Waals surface area (Å²) in [6.45, 7) is 6.09. The van der Waals surface area contributed by atoms with Gasteiger partial charge in [-0.25, -0.2) is 0 Å². The predicted octanol–water partition coefficient (Wildman–Crippen LogP) is 1.34. The highest BCUT2D eigenvalue weighted by molar-refractivity contribution is 7.10. The number of hydrogen-bond donors (Lipinski definition) is 1. The Hall–Kier alpha value is -0.910. The summed E-state index contributed by atoms with van der Waals surface area (Å²) < 4.78 is 0. The van der Waals surface area contributed by atoms with Crippen LogP contribution in [0.4, 0.5) is 0 Å². The van der Waals surface area contributed by atoms with Gasteiger partial charge in [-0.05, 0) is 30.0 Å². The van der Waals surface area contributed by atoms with Crippen LogP contribution >= 0.6 is 11.3 Å². The van der Waals surface area contributed by atoms with Crippen molar-refractivity contribution in [3.63, 3.8) is 0 Å². The molecule has 4 nitrogen and oxygen atoms in total. The van der Waals surface area contributed by atoms with Crippen LogP contribution in [0.1, 0.15) is 23.8 Å². The quantitative estimate of drug-likeness (QED) is 0.856. The highest BCUT2D eigenvalue weighted by Gasteiger charge is 2.21. The SMILES string of the molecule is CCN(CCO)CCC(=O)N1CCc2sccc2C1. The molecule has 0 radical (unpaired) electrons. The fourth-order valence-electron chi connectivity index (χ4n) is 2.44. The lowest BCUT2D eigenvalue weighted by Crippen LogP contribution is -2.38. The molecule has 1 amide bonds. The van der Waals surface area contributed by atoms with Crippen molar-refractivity contribution in [2.24, 2.45) is 0 Å². The number of likely N-dealkylation sites (N-methyl/N-ethyl adjacent to an activating group) is 1. The fraction of sp³-hybridized carbons (Fsp3) is 0.643. The number of thiophene rings is 1. The second-order valence-electron chi connectivity index (χ2n) is 4.84. The first kappa shape index (κ1) is 14.5. The molecule has 0 unspecified atom stereocenters. The molecule has 1 aromatic rings. The van der Waals surface area contributed by atoms with E-state index in [0.717, 1.165) is 32.6 Å². The Labute approximate surface area is 118 Å². The van der Waals surface area contributed by atoms with E-state index in [0.29, 0.717) is 13.0 Å². The van der Waals surface area contributed by atoms with Gasteiger partial charge in [-0.15, -0.1) is 11.3 Å². The number of nitrogens with zero attached hydrogens (tertiary/aromatic N) is 2. The van der Waals surface area contributed by atoms with Crippen LogP contribution in [-0.4, -0.2) is 53.6 Å². The molecule has 1 N–H and O–H groups in total. The molecule has 2 rings (SSSR count). The monoisotopic (exact) mass is 282 g/mol. The normalized spacial score (nSPS) is 14.8. The molecule has 19 heavy (non-hydrogen) atoms. The van der Waals surface area contributed by atoms with Crippen molar-refractivity contribution in [3.05, 3.63) is 21.9 Å². The Morgan fingerprint density at radius 2 is 2.37 bits per heavy atom. The number of aliphatic hydroxyl groups excluding tert-OH is 1. The van der Waals surface area contributed by atoms with Gasteiger partial charge >= 0.3 is 0 Å². The van der Waals surface area contributed by atoms with Crippen molar-refractivity contribution in [1.29, 1.82) is 0 Å². The van der Waals surface area contributed by atoms with Gasteiger partial charge in [0.05, 0.1) is 6.61 Å². The van der Waals surface area contributed by atoms with Crippen molar-refractivity contribution in [2.45, 2.75) is 26.3 Å². The number of hydrogen-bond acceptors (Lipinski definition) is 4. The molecule has 106 valence electrons. The molecule has 1 aliphatic heterocycles. The summed E-state index contributed by atoms with van der Waals surface area (Å²) in [5.41, 5.74) is 1.31. The van der Waals surface area contributed by atoms with Gasteiger partial charge in [-0.2, -0.15) is 0 Å². The van der Waals surface area contributed by atoms with Gasteiger partial charge in [0.1, 0.15) is 0 Å². The Morgan fingerprint density at radius 1 is 1.53 bits per heavy atom. The summed E-state index contributed by atoms with van der Waals surface area (Å²) in [5.74, 6) is 0.230. The molecule has 0 saturated carbocycles. The predicted molar refractivity (Wildman–Crippen MR) is 77.3 cm³/mol. The van der Waals surface area contributed by atoms with Gasteiger partial charge in [-0.1, -0.05) is 6.92 Å². The van der Waals surface area contributed by atoms with E-state index in [1.54, 1.807) is 11.3 Å². The van der Waals surface area contributed by atoms with E-state index in [2.05, 4.69) is 23.3 Å². The van der Waals surface area contributed by atoms with Gasteiger partial charge < -0.3 is 14.9 Å². The van der Waals surface area contributed by atoms with Gasteiger partial charge in [0.2, 0.25) is 5.91 Å². The molecule has 0 aromatic carbocycles. The maximum absolute atomic E-state index is 12.2. The minimum absolute atomic E-state index is 0.157. The molecule has 0 saturated heterocycles. The van der Waals surface area contributed by atoms with E-state index in [1.807, 2.05) is 4.90 Å². The van der Waals surface area contributed by atoms with Crippen LogP contribution in [0.25, 0.3) is 0 Å². The zero-order valence-corrected chi connectivity index (χ0v) is 12.3. The van der Waals surface area contributed by atoms with Gasteiger partial charge in [0, 0.05) is 37.5 Å². The van der Waals surface area contributed by atoms with E-state index < -0.39 is 0 Å². The lowest BCUT2D eigenvalue weighted by Gasteiger charge is -2.28. The van der Waals surface area contributed by atoms with Crippen molar-refractivity contribution in [2.75, 3.05) is 32.8 Å². The van der Waals surface area contributed by atoms with Crippen molar-refractivity contribution in [1.82, 2.24) is 9.80 Å². The summed E-state index contributed by atoms with van der Waals surface area (Å²) in [6, 6.07) is 2.13. The molecular formula is C14H22N2O2S. The van der Waals surface area contributed by atoms with Crippen LogP contribution in [0.2, 0.25) is 0 Å². The third-order valence-electron chi connectivity index (χ3n) is 3.67. The standard InChI is InChI=1S/C14H22N2O2S/c1-2-15(8-9-17)6-4-14(18)16-7-3-13-12(11-16)5-10-19-13/h5,10,17H,2-4,6-9,11H2,1H3. The topological polar surface area (TPSA) is 43.8 Å². The molecule has 5 heteroatoms. The average Bonchev–Trinajstić information content (AvgIpc) is 2.90. The molecule has 1 aliphatic rings. The van der Waals surface area contributed by atoms with Crippen molar-refractivity contribution in [3.8, 4) is 0 Å². The van der Waals surface area contributed by atoms with Crippen LogP contribution in [0.15, 0.2) is 11.4 Å². The van der Waals surface area contributed by atoms with Gasteiger partial charge in [-0.3, -0.25) is 4.79 Å². The van der Waals surface area contributed by atoms with Crippen molar-refractivity contribution < 1.29 is 9.90 Å². The molecule has 0 spiro atoms. The number of aliphatic hydroxyl groups is 1. The Balaban J connectivity index is 1.81. The number of rotatable bonds is 6. The summed E-state index contributed by atoms with van der Waals surface area (Å²) >= 11 is 1.79. The second-order valence-corrected chi connectivity index (χ2v) is 5.84. The van der Waals surface area contributed by atoms with E-state index in [4.69, 9.17) is 5.11 Å². The number of carbonyl (C=O) groups excluding carboxylic acids is 1. The highest BCUT2D eigenvalue weighted by Crippen LogP contribution is 2.24. The molecule has 0 fully saturated rings. The zero-order valence-electron chi connectivity index (χ0n) is 11.5. The summed E-state index contributed by atoms with van der Waals surface area (Å²) in [5, 5.41) is 11.0. The molecule has 0 atom stereocenters. The van der Waals surface area contributed by atoms with Crippen LogP contribution in [0.5, 0.6) is 0 Å². The second kappa shape index (κ2) is 7.03. The minimum Gasteiger partial charge on any atom is -0.395 e. The largest absolute Gasteiger partial charge is 0.395 e. The summed E-state index contributed by atoms with van der Waals surface area (Å²) in [4.78, 5) is 17.7. The first-order chi connectivity index (χ1) is 9.24. The Kier molecular flexibility index (Phi) is 5.36. The highest BCUT2D eigenvalue weighted by atomic mass is 32.1. The van der Waals surface area contributed by atoms with E-state index >= 15 is 0 Å². The third kappa shape index (κ3) is 3.78. The smallest absolute Gasteiger partial charge is 0.224 e. The maximum Gasteiger partial charge on any atom is 0.224 e. The van der Waals surface area contributed by atoms with Crippen LogP contribution < -0.4 is 0 Å². The molecule has 1 aromatic heterocycles. The van der Waals surface area contributed by atoms with E-state index in [1.165, 1.54) is 10.4 Å². The first-order valence-electron chi connectivity index (χ1n) is 6.90. The molecule has 2 heterocycles. The molecule has 0 aliphatic carbocycles. The number of amides is 1. The molecular weight excluding hydrogens is 260 g/mol. The van der Waals surface area contributed by atoms with Crippen LogP contribution in [0, 0.1) is 0 Å². The third-order valence-corrected chi connectivity index (χ3v) is 4.69. The first-order valence-corrected chi connectivity index (χ1v) is 7.78. The van der Waals surface area contributed by atoms with Crippen LogP contribution in [0.3, 0.4) is 0 Å². The van der Waals surface area contributed by atoms with E-state index in [9.17, 15) is 4.79 Å². The zero-order chi connectivity index (χ0) is 13.7. The maximum atomic E-state index is 12.2. The summed E-state index contributed by atoms with van der Waals surface area (Å²) in [6.07, 6.45) is 1.54. The number of fused-ring (bicyclic) bond motifs is 1. The lowest BCUT2D eigenvalue weighted by atomic mass is 10.1. The average molecular weight is 282 g/mol.